The Morgan fingerprint density at radius 2 is 1.50 bits per heavy atom. The SMILES string of the molecule is CCOC(=O)N1CCN(C(=O)[C@H]2c3ccccc3C(=O)N3CCc4cc(OCC)c(OCC)cc4[C@H]23)CC1. The monoisotopic (exact) mass is 521 g/mol. The number of fused-ring (bicyclic) bond motifs is 4. The molecular formula is C29H35N3O6. The number of hydrogen-bond acceptors (Lipinski definition) is 6. The smallest absolute Gasteiger partial charge is 0.409 e. The molecule has 3 heterocycles. The standard InChI is InChI=1S/C29H35N3O6/c1-4-36-23-17-19-11-12-32-26(22(19)18-24(23)37-5-2)25(20-9-7-8-10-21(20)27(32)33)28(34)30-13-15-31(16-14-30)29(35)38-6-3/h7-10,17-18,25-26H,4-6,11-16H2,1-3H3/t25-,26+/m0/s1. The summed E-state index contributed by atoms with van der Waals surface area (Å²) >= 11 is 0. The third-order valence-electron chi connectivity index (χ3n) is 7.57. The summed E-state index contributed by atoms with van der Waals surface area (Å²) in [7, 11) is 0. The molecule has 38 heavy (non-hydrogen) atoms. The van der Waals surface area contributed by atoms with Crippen LogP contribution in [0.5, 0.6) is 11.5 Å². The minimum Gasteiger partial charge on any atom is -0.490 e. The van der Waals surface area contributed by atoms with E-state index < -0.39 is 12.0 Å². The Kier molecular flexibility index (Phi) is 7.44. The van der Waals surface area contributed by atoms with Gasteiger partial charge in [0.2, 0.25) is 5.91 Å². The van der Waals surface area contributed by atoms with E-state index in [1.54, 1.807) is 11.8 Å². The highest BCUT2D eigenvalue weighted by atomic mass is 16.6. The fourth-order valence-corrected chi connectivity index (χ4v) is 5.86. The largest absolute Gasteiger partial charge is 0.490 e. The van der Waals surface area contributed by atoms with Gasteiger partial charge < -0.3 is 28.9 Å². The molecule has 0 bridgehead atoms. The van der Waals surface area contributed by atoms with Crippen molar-refractivity contribution in [2.75, 3.05) is 52.5 Å². The molecule has 2 atom stereocenters. The van der Waals surface area contributed by atoms with Gasteiger partial charge in [-0.25, -0.2) is 4.79 Å². The summed E-state index contributed by atoms with van der Waals surface area (Å²) < 4.78 is 16.9. The van der Waals surface area contributed by atoms with Crippen LogP contribution in [0.15, 0.2) is 36.4 Å². The highest BCUT2D eigenvalue weighted by Gasteiger charge is 2.48. The van der Waals surface area contributed by atoms with E-state index in [1.165, 1.54) is 0 Å². The van der Waals surface area contributed by atoms with Crippen molar-refractivity contribution in [2.24, 2.45) is 0 Å². The van der Waals surface area contributed by atoms with Crippen LogP contribution in [0.25, 0.3) is 0 Å². The van der Waals surface area contributed by atoms with Crippen LogP contribution in [0.1, 0.15) is 59.8 Å². The molecule has 9 heteroatoms. The zero-order valence-electron chi connectivity index (χ0n) is 22.3. The van der Waals surface area contributed by atoms with Crippen molar-refractivity contribution in [1.29, 1.82) is 0 Å². The van der Waals surface area contributed by atoms with Crippen LogP contribution in [0.2, 0.25) is 0 Å². The van der Waals surface area contributed by atoms with E-state index in [0.717, 1.165) is 16.7 Å². The summed E-state index contributed by atoms with van der Waals surface area (Å²) in [5, 5.41) is 0. The minimum atomic E-state index is -0.565. The molecule has 3 aliphatic heterocycles. The molecule has 0 aromatic heterocycles. The van der Waals surface area contributed by atoms with E-state index in [4.69, 9.17) is 14.2 Å². The van der Waals surface area contributed by atoms with Gasteiger partial charge in [-0.2, -0.15) is 0 Å². The van der Waals surface area contributed by atoms with Gasteiger partial charge in [-0.15, -0.1) is 0 Å². The molecule has 0 N–H and O–H groups in total. The predicted molar refractivity (Wildman–Crippen MR) is 141 cm³/mol. The van der Waals surface area contributed by atoms with Crippen molar-refractivity contribution < 1.29 is 28.6 Å². The van der Waals surface area contributed by atoms with Gasteiger partial charge in [0.15, 0.2) is 11.5 Å². The lowest BCUT2D eigenvalue weighted by Gasteiger charge is -2.47. The quantitative estimate of drug-likeness (QED) is 0.577. The number of amides is 3. The van der Waals surface area contributed by atoms with Crippen molar-refractivity contribution in [3.63, 3.8) is 0 Å². The van der Waals surface area contributed by atoms with Crippen LogP contribution in [-0.4, -0.2) is 85.2 Å². The van der Waals surface area contributed by atoms with Gasteiger partial charge in [0.25, 0.3) is 5.91 Å². The molecule has 5 rings (SSSR count). The second-order valence-electron chi connectivity index (χ2n) is 9.63. The van der Waals surface area contributed by atoms with Gasteiger partial charge >= 0.3 is 6.09 Å². The van der Waals surface area contributed by atoms with Crippen molar-refractivity contribution in [2.45, 2.75) is 39.2 Å². The maximum Gasteiger partial charge on any atom is 0.409 e. The van der Waals surface area contributed by atoms with Crippen LogP contribution in [0.4, 0.5) is 4.79 Å². The Bertz CT molecular complexity index is 1220. The lowest BCUT2D eigenvalue weighted by Crippen LogP contribution is -2.55. The van der Waals surface area contributed by atoms with E-state index in [-0.39, 0.29) is 17.9 Å². The Morgan fingerprint density at radius 1 is 0.842 bits per heavy atom. The fourth-order valence-electron chi connectivity index (χ4n) is 5.86. The number of carbonyl (C=O) groups excluding carboxylic acids is 3. The van der Waals surface area contributed by atoms with E-state index >= 15 is 0 Å². The number of rotatable bonds is 6. The lowest BCUT2D eigenvalue weighted by molar-refractivity contribution is -0.136. The number of nitrogens with zero attached hydrogens (tertiary/aromatic N) is 3. The van der Waals surface area contributed by atoms with Gasteiger partial charge in [-0.05, 0) is 62.1 Å². The molecule has 2 aromatic rings. The molecule has 0 spiro atoms. The minimum absolute atomic E-state index is 0.0387. The third-order valence-corrected chi connectivity index (χ3v) is 7.57. The maximum atomic E-state index is 14.3. The van der Waals surface area contributed by atoms with E-state index in [1.807, 2.05) is 60.0 Å². The Labute approximate surface area is 223 Å². The van der Waals surface area contributed by atoms with Gasteiger partial charge in [-0.3, -0.25) is 9.59 Å². The molecule has 202 valence electrons. The highest BCUT2D eigenvalue weighted by Crippen LogP contribution is 2.49. The molecule has 3 amide bonds. The molecule has 0 unspecified atom stereocenters. The first kappa shape index (κ1) is 25.9. The van der Waals surface area contributed by atoms with Crippen molar-refractivity contribution in [3.05, 3.63) is 58.7 Å². The van der Waals surface area contributed by atoms with Gasteiger partial charge in [0.05, 0.1) is 31.8 Å². The molecular weight excluding hydrogens is 486 g/mol. The van der Waals surface area contributed by atoms with Crippen molar-refractivity contribution in [3.8, 4) is 11.5 Å². The van der Waals surface area contributed by atoms with E-state index in [0.29, 0.717) is 76.0 Å². The van der Waals surface area contributed by atoms with Crippen molar-refractivity contribution in [1.82, 2.24) is 14.7 Å². The first-order chi connectivity index (χ1) is 18.5. The van der Waals surface area contributed by atoms with Crippen LogP contribution in [0.3, 0.4) is 0 Å². The molecule has 1 fully saturated rings. The zero-order valence-corrected chi connectivity index (χ0v) is 22.3. The topological polar surface area (TPSA) is 88.6 Å². The molecule has 3 aliphatic rings. The second kappa shape index (κ2) is 10.9. The van der Waals surface area contributed by atoms with Crippen molar-refractivity contribution >= 4 is 17.9 Å². The maximum absolute atomic E-state index is 14.3. The lowest BCUT2D eigenvalue weighted by atomic mass is 9.75. The number of carbonyl (C=O) groups is 3. The normalized spacial score (nSPS) is 20.3. The fraction of sp³-hybridized carbons (Fsp3) is 0.483. The van der Waals surface area contributed by atoms with Gasteiger partial charge in [0.1, 0.15) is 0 Å². The van der Waals surface area contributed by atoms with E-state index in [9.17, 15) is 14.4 Å². The Hall–Kier alpha value is -3.75. The summed E-state index contributed by atoms with van der Waals surface area (Å²) in [5.41, 5.74) is 3.31. The summed E-state index contributed by atoms with van der Waals surface area (Å²) in [5.74, 6) is 0.643. The summed E-state index contributed by atoms with van der Waals surface area (Å²) in [6.45, 7) is 9.11. The van der Waals surface area contributed by atoms with Crippen LogP contribution >= 0.6 is 0 Å². The molecule has 0 radical (unpaired) electrons. The average molecular weight is 522 g/mol. The average Bonchev–Trinajstić information content (AvgIpc) is 2.94. The number of hydrogen-bond donors (Lipinski definition) is 0. The first-order valence-electron chi connectivity index (χ1n) is 13.5. The van der Waals surface area contributed by atoms with Crippen LogP contribution < -0.4 is 9.47 Å². The first-order valence-corrected chi connectivity index (χ1v) is 13.5. The third kappa shape index (κ3) is 4.54. The Morgan fingerprint density at radius 3 is 2.18 bits per heavy atom. The molecule has 0 aliphatic carbocycles. The second-order valence-corrected chi connectivity index (χ2v) is 9.63. The summed E-state index contributed by atoms with van der Waals surface area (Å²) in [6.07, 6.45) is 0.319. The molecule has 0 saturated carbocycles. The van der Waals surface area contributed by atoms with E-state index in [2.05, 4.69) is 0 Å². The number of piperazine rings is 1. The molecule has 2 aromatic carbocycles. The van der Waals surface area contributed by atoms with Crippen LogP contribution in [0, 0.1) is 0 Å². The molecule has 1 saturated heterocycles. The summed E-state index contributed by atoms with van der Waals surface area (Å²) in [4.78, 5) is 45.4. The molecule has 9 nitrogen and oxygen atoms in total. The zero-order chi connectivity index (χ0) is 26.8. The predicted octanol–water partition coefficient (Wildman–Crippen LogP) is 3.62. The van der Waals surface area contributed by atoms with Gasteiger partial charge in [-0.1, -0.05) is 18.2 Å². The van der Waals surface area contributed by atoms with Crippen LogP contribution in [-0.2, 0) is 16.0 Å². The number of benzene rings is 2. The van der Waals surface area contributed by atoms with Gasteiger partial charge in [0, 0.05) is 38.3 Å². The number of ether oxygens (including phenoxy) is 3. The highest BCUT2D eigenvalue weighted by molar-refractivity contribution is 6.01. The Balaban J connectivity index is 1.54. The summed E-state index contributed by atoms with van der Waals surface area (Å²) in [6, 6.07) is 10.9.